The third-order valence-electron chi connectivity index (χ3n) is 12.2. The standard InChI is InChI=1S/C43H48N12O2S2/c1-24-12-34(49-55-20-25(2)45-39(24)55)33-16-37(57)54-23-38(59-41(54)47-33)52(7)30-18-42(3,4)50-43(5,19-30)17-29-14-26(10-11-44-29)32-15-36(56)53-22-35(58-40(53)46-32)27-8-9-31-28(13-27)21-51(6)48-31/h8-9,12-13,15-16,20-23,26,29-30,44,50H,10-11,14,17-19H2,1-7H3. The summed E-state index contributed by atoms with van der Waals surface area (Å²) in [6.07, 6.45) is 12.4. The predicted molar refractivity (Wildman–Crippen MR) is 235 cm³/mol. The molecule has 10 rings (SSSR count). The van der Waals surface area contributed by atoms with E-state index in [2.05, 4.69) is 65.6 Å². The number of nitrogens with one attached hydrogen (secondary N) is 2. The Hall–Kier alpha value is -5.29. The van der Waals surface area contributed by atoms with Crippen molar-refractivity contribution in [1.82, 2.24) is 53.8 Å². The van der Waals surface area contributed by atoms with Crippen LogP contribution < -0.4 is 26.7 Å². The van der Waals surface area contributed by atoms with Gasteiger partial charge in [0.25, 0.3) is 11.1 Å². The number of benzene rings is 1. The van der Waals surface area contributed by atoms with Crippen LogP contribution in [0.3, 0.4) is 0 Å². The fourth-order valence-corrected chi connectivity index (χ4v) is 11.8. The van der Waals surface area contributed by atoms with Gasteiger partial charge in [0.1, 0.15) is 10.7 Å². The number of imidazole rings is 1. The number of fused-ring (bicyclic) bond motifs is 4. The molecule has 7 aromatic heterocycles. The highest BCUT2D eigenvalue weighted by molar-refractivity contribution is 7.21. The van der Waals surface area contributed by atoms with Gasteiger partial charge in [0.15, 0.2) is 15.6 Å². The summed E-state index contributed by atoms with van der Waals surface area (Å²) in [5, 5.41) is 19.2. The molecule has 2 aliphatic rings. The van der Waals surface area contributed by atoms with Crippen molar-refractivity contribution in [2.24, 2.45) is 7.05 Å². The summed E-state index contributed by atoms with van der Waals surface area (Å²) in [5.41, 5.74) is 6.30. The van der Waals surface area contributed by atoms with Crippen molar-refractivity contribution in [2.45, 2.75) is 95.8 Å². The normalized spacial score (nSPS) is 22.3. The molecular weight excluding hydrogens is 781 g/mol. The number of aromatic nitrogens is 9. The monoisotopic (exact) mass is 828 g/mol. The second kappa shape index (κ2) is 13.9. The Kier molecular flexibility index (Phi) is 8.94. The van der Waals surface area contributed by atoms with E-state index in [-0.39, 0.29) is 40.2 Å². The van der Waals surface area contributed by atoms with Crippen LogP contribution in [-0.2, 0) is 7.05 Å². The van der Waals surface area contributed by atoms with Crippen LogP contribution in [0.4, 0.5) is 5.00 Å². The topological polar surface area (TPSA) is 144 Å². The molecule has 59 heavy (non-hydrogen) atoms. The van der Waals surface area contributed by atoms with Gasteiger partial charge in [0.2, 0.25) is 0 Å². The van der Waals surface area contributed by atoms with Gasteiger partial charge in [-0.3, -0.25) is 23.1 Å². The van der Waals surface area contributed by atoms with Gasteiger partial charge in [-0.2, -0.15) is 10.2 Å². The minimum Gasteiger partial charge on any atom is -0.362 e. The molecular formula is C43H48N12O2S2. The van der Waals surface area contributed by atoms with Crippen LogP contribution in [0.1, 0.15) is 75.7 Å². The van der Waals surface area contributed by atoms with Crippen LogP contribution in [-0.4, -0.2) is 79.9 Å². The number of aryl methyl sites for hydroxylation is 3. The maximum Gasteiger partial charge on any atom is 0.259 e. The number of anilines is 1. The van der Waals surface area contributed by atoms with Gasteiger partial charge in [-0.15, -0.1) is 0 Å². The number of hydrogen-bond acceptors (Lipinski definition) is 12. The van der Waals surface area contributed by atoms with E-state index in [0.717, 1.165) is 92.6 Å². The Bertz CT molecular complexity index is 3060. The molecule has 2 fully saturated rings. The van der Waals surface area contributed by atoms with Crippen LogP contribution in [0.2, 0.25) is 0 Å². The minimum absolute atomic E-state index is 0.0358. The third kappa shape index (κ3) is 7.04. The van der Waals surface area contributed by atoms with Crippen LogP contribution in [0, 0.1) is 13.8 Å². The van der Waals surface area contributed by atoms with Gasteiger partial charge in [-0.25, -0.2) is 19.5 Å². The van der Waals surface area contributed by atoms with E-state index in [0.29, 0.717) is 16.3 Å². The van der Waals surface area contributed by atoms with E-state index in [1.54, 1.807) is 36.8 Å². The summed E-state index contributed by atoms with van der Waals surface area (Å²) in [5.74, 6) is 0.189. The molecule has 2 saturated heterocycles. The summed E-state index contributed by atoms with van der Waals surface area (Å²) in [6.45, 7) is 11.7. The summed E-state index contributed by atoms with van der Waals surface area (Å²) < 4.78 is 6.92. The van der Waals surface area contributed by atoms with Crippen molar-refractivity contribution >= 4 is 54.1 Å². The van der Waals surface area contributed by atoms with Crippen molar-refractivity contribution in [3.05, 3.63) is 98.8 Å². The molecule has 2 N–H and O–H groups in total. The Balaban J connectivity index is 0.866. The zero-order valence-electron chi connectivity index (χ0n) is 34.4. The fourth-order valence-electron chi connectivity index (χ4n) is 9.78. The zero-order valence-corrected chi connectivity index (χ0v) is 36.0. The Morgan fingerprint density at radius 3 is 2.53 bits per heavy atom. The van der Waals surface area contributed by atoms with Gasteiger partial charge in [0.05, 0.1) is 33.7 Å². The fraction of sp³-hybridized carbons (Fsp3) is 0.419. The second-order valence-corrected chi connectivity index (χ2v) is 19.7. The molecule has 0 amide bonds. The van der Waals surface area contributed by atoms with Gasteiger partial charge < -0.3 is 15.5 Å². The van der Waals surface area contributed by atoms with Crippen molar-refractivity contribution in [2.75, 3.05) is 18.5 Å². The molecule has 0 bridgehead atoms. The SMILES string of the molecule is Cc1cn2nc(-c3cc(=O)n4cc(N(C)C5CC(C)(C)NC(C)(CC6CC(c7cc(=O)n8cc(-c9ccc%10nn(C)cc%10c9)sc8n7)CCN6)C5)sc4n3)cc(C)c2n1. The summed E-state index contributed by atoms with van der Waals surface area (Å²) in [7, 11) is 4.07. The first-order valence-corrected chi connectivity index (χ1v) is 21.9. The van der Waals surface area contributed by atoms with Crippen molar-refractivity contribution in [3.63, 3.8) is 0 Å². The largest absolute Gasteiger partial charge is 0.362 e. The van der Waals surface area contributed by atoms with Crippen LogP contribution >= 0.6 is 22.7 Å². The Morgan fingerprint density at radius 1 is 0.881 bits per heavy atom. The van der Waals surface area contributed by atoms with E-state index in [4.69, 9.17) is 15.1 Å². The lowest BCUT2D eigenvalue weighted by atomic mass is 9.73. The van der Waals surface area contributed by atoms with E-state index < -0.39 is 0 Å². The number of nitrogens with zero attached hydrogens (tertiary/aromatic N) is 10. The smallest absolute Gasteiger partial charge is 0.259 e. The summed E-state index contributed by atoms with van der Waals surface area (Å²) >= 11 is 3.09. The lowest BCUT2D eigenvalue weighted by Gasteiger charge is -2.52. The molecule has 14 nitrogen and oxygen atoms in total. The molecule has 1 aromatic carbocycles. The first-order chi connectivity index (χ1) is 28.2. The maximum absolute atomic E-state index is 13.5. The molecule has 0 radical (unpaired) electrons. The molecule has 304 valence electrons. The van der Waals surface area contributed by atoms with Crippen LogP contribution in [0.15, 0.2) is 70.8 Å². The first kappa shape index (κ1) is 37.9. The molecule has 0 saturated carbocycles. The molecule has 0 spiro atoms. The quantitative estimate of drug-likeness (QED) is 0.186. The maximum atomic E-state index is 13.5. The highest BCUT2D eigenvalue weighted by Crippen LogP contribution is 2.40. The number of rotatable bonds is 7. The number of piperidine rings is 2. The van der Waals surface area contributed by atoms with E-state index >= 15 is 0 Å². The van der Waals surface area contributed by atoms with Gasteiger partial charge in [-0.1, -0.05) is 28.7 Å². The summed E-state index contributed by atoms with van der Waals surface area (Å²) in [4.78, 5) is 46.3. The highest BCUT2D eigenvalue weighted by Gasteiger charge is 2.44. The zero-order chi connectivity index (χ0) is 41.0. The van der Waals surface area contributed by atoms with Crippen molar-refractivity contribution < 1.29 is 0 Å². The van der Waals surface area contributed by atoms with E-state index in [9.17, 15) is 9.59 Å². The average Bonchev–Trinajstić information content (AvgIpc) is 3.97. The van der Waals surface area contributed by atoms with Crippen LogP contribution in [0.25, 0.3) is 48.3 Å². The molecule has 4 atom stereocenters. The lowest BCUT2D eigenvalue weighted by Crippen LogP contribution is -2.64. The number of hydrogen-bond donors (Lipinski definition) is 2. The van der Waals surface area contributed by atoms with E-state index in [1.807, 2.05) is 62.5 Å². The Morgan fingerprint density at radius 2 is 1.68 bits per heavy atom. The van der Waals surface area contributed by atoms with Crippen molar-refractivity contribution in [3.8, 4) is 21.8 Å². The number of thiazole rings is 2. The summed E-state index contributed by atoms with van der Waals surface area (Å²) in [6, 6.07) is 12.0. The van der Waals surface area contributed by atoms with Gasteiger partial charge in [-0.05, 0) is 103 Å². The highest BCUT2D eigenvalue weighted by atomic mass is 32.1. The van der Waals surface area contributed by atoms with E-state index in [1.165, 1.54) is 11.3 Å². The molecule has 0 aliphatic carbocycles. The average molecular weight is 829 g/mol. The van der Waals surface area contributed by atoms with Gasteiger partial charge >= 0.3 is 0 Å². The second-order valence-electron chi connectivity index (χ2n) is 17.7. The minimum atomic E-state index is -0.165. The molecule has 4 unspecified atom stereocenters. The lowest BCUT2D eigenvalue weighted by molar-refractivity contribution is 0.121. The van der Waals surface area contributed by atoms with Crippen molar-refractivity contribution in [1.29, 1.82) is 0 Å². The van der Waals surface area contributed by atoms with Gasteiger partial charge in [0, 0.05) is 79.3 Å². The molecule has 2 aliphatic heterocycles. The first-order valence-electron chi connectivity index (χ1n) is 20.3. The van der Waals surface area contributed by atoms with Crippen LogP contribution in [0.5, 0.6) is 0 Å². The predicted octanol–water partition coefficient (Wildman–Crippen LogP) is 6.36. The third-order valence-corrected chi connectivity index (χ3v) is 14.3. The molecule has 8 aromatic rings. The Labute approximate surface area is 348 Å². The molecule has 9 heterocycles. The molecule has 16 heteroatoms.